The van der Waals surface area contributed by atoms with E-state index in [1.165, 1.54) is 18.2 Å². The van der Waals surface area contributed by atoms with Crippen molar-refractivity contribution >= 4 is 11.6 Å². The van der Waals surface area contributed by atoms with E-state index in [0.717, 1.165) is 0 Å². The molecule has 1 amide bonds. The predicted octanol–water partition coefficient (Wildman–Crippen LogP) is 1.84. The maximum absolute atomic E-state index is 12.2. The highest BCUT2D eigenvalue weighted by atomic mass is 16.6. The molecule has 1 aromatic carbocycles. The molecule has 0 spiro atoms. The summed E-state index contributed by atoms with van der Waals surface area (Å²) in [6.07, 6.45) is 1.35. The van der Waals surface area contributed by atoms with Gasteiger partial charge in [-0.1, -0.05) is 26.0 Å². The molecule has 0 saturated heterocycles. The van der Waals surface area contributed by atoms with Gasteiger partial charge in [0.25, 0.3) is 11.6 Å². The van der Waals surface area contributed by atoms with Crippen LogP contribution in [0, 0.1) is 10.1 Å². The molecular formula is C13H19N3O3. The molecule has 0 aliphatic carbocycles. The molecule has 3 N–H and O–H groups in total. The van der Waals surface area contributed by atoms with E-state index in [9.17, 15) is 14.9 Å². The Bertz CT molecular complexity index is 462. The van der Waals surface area contributed by atoms with Gasteiger partial charge in [0.05, 0.1) is 10.5 Å². The van der Waals surface area contributed by atoms with Crippen LogP contribution in [0.3, 0.4) is 0 Å². The summed E-state index contributed by atoms with van der Waals surface area (Å²) in [5, 5.41) is 13.7. The molecule has 104 valence electrons. The molecule has 0 aliphatic heterocycles. The standard InChI is InChI=1S/C13H19N3O3/c1-3-13(4-2,9-14)15-12(17)10-7-5-6-8-11(10)16(18)19/h5-8H,3-4,9,14H2,1-2H3,(H,15,17). The van der Waals surface area contributed by atoms with Crippen LogP contribution in [0.5, 0.6) is 0 Å². The second-order valence-electron chi connectivity index (χ2n) is 4.42. The molecule has 0 aromatic heterocycles. The van der Waals surface area contributed by atoms with E-state index in [1.807, 2.05) is 13.8 Å². The Kier molecular flexibility index (Phi) is 5.00. The third kappa shape index (κ3) is 3.29. The van der Waals surface area contributed by atoms with E-state index < -0.39 is 16.4 Å². The van der Waals surface area contributed by atoms with Crippen molar-refractivity contribution in [2.75, 3.05) is 6.54 Å². The van der Waals surface area contributed by atoms with Crippen LogP contribution in [-0.4, -0.2) is 22.9 Å². The number of nitrogens with one attached hydrogen (secondary N) is 1. The number of hydrogen-bond acceptors (Lipinski definition) is 4. The minimum absolute atomic E-state index is 0.0622. The SMILES string of the molecule is CCC(CC)(CN)NC(=O)c1ccccc1[N+](=O)[O-]. The van der Waals surface area contributed by atoms with Crippen LogP contribution >= 0.6 is 0 Å². The average Bonchev–Trinajstić information content (AvgIpc) is 2.44. The fourth-order valence-electron chi connectivity index (χ4n) is 1.90. The summed E-state index contributed by atoms with van der Waals surface area (Å²) in [4.78, 5) is 22.5. The highest BCUT2D eigenvalue weighted by Gasteiger charge is 2.29. The van der Waals surface area contributed by atoms with Gasteiger partial charge >= 0.3 is 0 Å². The monoisotopic (exact) mass is 265 g/mol. The largest absolute Gasteiger partial charge is 0.345 e. The van der Waals surface area contributed by atoms with Gasteiger partial charge in [-0.25, -0.2) is 0 Å². The maximum Gasteiger partial charge on any atom is 0.282 e. The van der Waals surface area contributed by atoms with E-state index >= 15 is 0 Å². The van der Waals surface area contributed by atoms with Crippen molar-refractivity contribution in [1.29, 1.82) is 0 Å². The van der Waals surface area contributed by atoms with Crippen LogP contribution in [0.4, 0.5) is 5.69 Å². The number of carbonyl (C=O) groups excluding carboxylic acids is 1. The van der Waals surface area contributed by atoms with Crippen LogP contribution in [0.15, 0.2) is 24.3 Å². The quantitative estimate of drug-likeness (QED) is 0.605. The van der Waals surface area contributed by atoms with Gasteiger partial charge in [0.2, 0.25) is 0 Å². The van der Waals surface area contributed by atoms with Gasteiger partial charge in [0.1, 0.15) is 5.56 Å². The maximum atomic E-state index is 12.2. The van der Waals surface area contributed by atoms with Crippen LogP contribution in [-0.2, 0) is 0 Å². The molecule has 0 saturated carbocycles. The summed E-state index contributed by atoms with van der Waals surface area (Å²) in [6, 6.07) is 5.89. The second kappa shape index (κ2) is 6.29. The number of amides is 1. The van der Waals surface area contributed by atoms with Crippen molar-refractivity contribution in [1.82, 2.24) is 5.32 Å². The van der Waals surface area contributed by atoms with E-state index in [1.54, 1.807) is 6.07 Å². The Hall–Kier alpha value is -1.95. The summed E-state index contributed by atoms with van der Waals surface area (Å²) in [7, 11) is 0. The van der Waals surface area contributed by atoms with Crippen molar-refractivity contribution in [3.8, 4) is 0 Å². The van der Waals surface area contributed by atoms with Gasteiger partial charge in [0, 0.05) is 12.6 Å². The predicted molar refractivity (Wildman–Crippen MR) is 72.9 cm³/mol. The molecule has 0 bridgehead atoms. The summed E-state index contributed by atoms with van der Waals surface area (Å²) in [5.41, 5.74) is 5.06. The van der Waals surface area contributed by atoms with E-state index in [0.29, 0.717) is 19.4 Å². The first-order chi connectivity index (χ1) is 8.99. The summed E-state index contributed by atoms with van der Waals surface area (Å²) in [5.74, 6) is -0.457. The molecular weight excluding hydrogens is 246 g/mol. The zero-order valence-electron chi connectivity index (χ0n) is 11.2. The fraction of sp³-hybridized carbons (Fsp3) is 0.462. The van der Waals surface area contributed by atoms with Gasteiger partial charge in [-0.2, -0.15) is 0 Å². The zero-order valence-corrected chi connectivity index (χ0v) is 11.2. The molecule has 0 atom stereocenters. The zero-order chi connectivity index (χ0) is 14.5. The first-order valence-electron chi connectivity index (χ1n) is 6.25. The molecule has 1 aromatic rings. The van der Waals surface area contributed by atoms with Gasteiger partial charge in [-0.3, -0.25) is 14.9 Å². The third-order valence-electron chi connectivity index (χ3n) is 3.47. The second-order valence-corrected chi connectivity index (χ2v) is 4.42. The van der Waals surface area contributed by atoms with Gasteiger partial charge in [-0.05, 0) is 18.9 Å². The molecule has 0 fully saturated rings. The lowest BCUT2D eigenvalue weighted by atomic mass is 9.92. The number of nitro benzene ring substituents is 1. The number of nitro groups is 1. The molecule has 6 nitrogen and oxygen atoms in total. The summed E-state index contributed by atoms with van der Waals surface area (Å²) < 4.78 is 0. The van der Waals surface area contributed by atoms with E-state index in [-0.39, 0.29) is 11.3 Å². The van der Waals surface area contributed by atoms with E-state index in [4.69, 9.17) is 5.73 Å². The Morgan fingerprint density at radius 1 is 1.37 bits per heavy atom. The summed E-state index contributed by atoms with van der Waals surface area (Å²) in [6.45, 7) is 4.15. The topological polar surface area (TPSA) is 98.3 Å². The molecule has 0 aliphatic rings. The van der Waals surface area contributed by atoms with Crippen molar-refractivity contribution in [2.24, 2.45) is 5.73 Å². The van der Waals surface area contributed by atoms with Crippen molar-refractivity contribution in [3.63, 3.8) is 0 Å². The Labute approximate surface area is 112 Å². The highest BCUT2D eigenvalue weighted by Crippen LogP contribution is 2.20. The Morgan fingerprint density at radius 2 is 1.95 bits per heavy atom. The normalized spacial score (nSPS) is 11.1. The van der Waals surface area contributed by atoms with Gasteiger partial charge in [-0.15, -0.1) is 0 Å². The number of carbonyl (C=O) groups is 1. The summed E-state index contributed by atoms with van der Waals surface area (Å²) >= 11 is 0. The fourth-order valence-corrected chi connectivity index (χ4v) is 1.90. The number of para-hydroxylation sites is 1. The molecule has 0 radical (unpaired) electrons. The first kappa shape index (κ1) is 15.1. The first-order valence-corrected chi connectivity index (χ1v) is 6.25. The Morgan fingerprint density at radius 3 is 2.42 bits per heavy atom. The lowest BCUT2D eigenvalue weighted by Gasteiger charge is -2.31. The number of benzene rings is 1. The number of hydrogen-bond donors (Lipinski definition) is 2. The number of nitrogens with zero attached hydrogens (tertiary/aromatic N) is 1. The van der Waals surface area contributed by atoms with Crippen molar-refractivity contribution in [2.45, 2.75) is 32.2 Å². The molecule has 0 heterocycles. The van der Waals surface area contributed by atoms with Crippen LogP contribution < -0.4 is 11.1 Å². The highest BCUT2D eigenvalue weighted by molar-refractivity contribution is 5.98. The van der Waals surface area contributed by atoms with Crippen LogP contribution in [0.2, 0.25) is 0 Å². The Balaban J connectivity index is 3.05. The van der Waals surface area contributed by atoms with Crippen LogP contribution in [0.1, 0.15) is 37.0 Å². The smallest absolute Gasteiger partial charge is 0.282 e. The van der Waals surface area contributed by atoms with Gasteiger partial charge in [0.15, 0.2) is 0 Å². The number of rotatable bonds is 6. The molecule has 0 unspecified atom stereocenters. The molecule has 1 rings (SSSR count). The lowest BCUT2D eigenvalue weighted by Crippen LogP contribution is -2.52. The van der Waals surface area contributed by atoms with Crippen molar-refractivity contribution < 1.29 is 9.72 Å². The van der Waals surface area contributed by atoms with Crippen LogP contribution in [0.25, 0.3) is 0 Å². The molecule has 6 heteroatoms. The van der Waals surface area contributed by atoms with Crippen molar-refractivity contribution in [3.05, 3.63) is 39.9 Å². The number of nitrogens with two attached hydrogens (primary N) is 1. The van der Waals surface area contributed by atoms with Gasteiger partial charge < -0.3 is 11.1 Å². The third-order valence-corrected chi connectivity index (χ3v) is 3.47. The minimum atomic E-state index is -0.559. The lowest BCUT2D eigenvalue weighted by molar-refractivity contribution is -0.385. The molecule has 19 heavy (non-hydrogen) atoms. The average molecular weight is 265 g/mol. The minimum Gasteiger partial charge on any atom is -0.345 e. The van der Waals surface area contributed by atoms with E-state index in [2.05, 4.69) is 5.32 Å².